The summed E-state index contributed by atoms with van der Waals surface area (Å²) < 4.78 is 2.81. The first-order valence-corrected chi connectivity index (χ1v) is 10.0. The fourth-order valence-corrected chi connectivity index (χ4v) is 4.93. The normalized spacial score (nSPS) is 24.5. The zero-order valence-corrected chi connectivity index (χ0v) is 16.3. The van der Waals surface area contributed by atoms with Gasteiger partial charge < -0.3 is 5.32 Å². The van der Waals surface area contributed by atoms with Crippen molar-refractivity contribution >= 4 is 27.4 Å². The molecule has 3 unspecified atom stereocenters. The van der Waals surface area contributed by atoms with Crippen molar-refractivity contribution < 1.29 is 0 Å². The van der Waals surface area contributed by atoms with Crippen molar-refractivity contribution in [1.82, 2.24) is 24.6 Å². The Hall–Kier alpha value is -2.02. The van der Waals surface area contributed by atoms with Crippen molar-refractivity contribution in [2.24, 2.45) is 11.8 Å². The molecule has 5 rings (SSSR count). The molecule has 2 aliphatic carbocycles. The minimum atomic E-state index is 0.587. The average molecular weight is 413 g/mol. The second kappa shape index (κ2) is 6.30. The van der Waals surface area contributed by atoms with E-state index in [0.717, 1.165) is 39.2 Å². The number of nitrogens with one attached hydrogen (secondary N) is 1. The van der Waals surface area contributed by atoms with E-state index >= 15 is 0 Å². The molecule has 0 aliphatic heterocycles. The van der Waals surface area contributed by atoms with E-state index < -0.39 is 0 Å². The van der Waals surface area contributed by atoms with Crippen LogP contribution in [0.3, 0.4) is 0 Å². The maximum atomic E-state index is 4.95. The van der Waals surface area contributed by atoms with Crippen LogP contribution in [0.2, 0.25) is 0 Å². The highest BCUT2D eigenvalue weighted by atomic mass is 79.9. The van der Waals surface area contributed by atoms with Gasteiger partial charge in [0, 0.05) is 42.2 Å². The SMILES string of the molecule is Cc1ncc(CNc2cc(C3CC4CCC3C4)nc3c(Br)cnn23)cn1. The Balaban J connectivity index is 1.48. The molecule has 0 saturated heterocycles. The quantitative estimate of drug-likeness (QED) is 0.698. The number of fused-ring (bicyclic) bond motifs is 3. The highest BCUT2D eigenvalue weighted by Gasteiger charge is 2.41. The third-order valence-electron chi connectivity index (χ3n) is 5.87. The molecular weight excluding hydrogens is 392 g/mol. The van der Waals surface area contributed by atoms with Gasteiger partial charge in [0.2, 0.25) is 0 Å². The van der Waals surface area contributed by atoms with Crippen molar-refractivity contribution in [3.8, 4) is 0 Å². The number of aryl methyl sites for hydroxylation is 1. The zero-order chi connectivity index (χ0) is 17.7. The molecule has 1 N–H and O–H groups in total. The monoisotopic (exact) mass is 412 g/mol. The number of nitrogens with zero attached hydrogens (tertiary/aromatic N) is 5. The van der Waals surface area contributed by atoms with Crippen LogP contribution in [0.1, 0.15) is 48.7 Å². The lowest BCUT2D eigenvalue weighted by Gasteiger charge is -2.22. The molecule has 3 atom stereocenters. The average Bonchev–Trinajstić information content (AvgIpc) is 3.37. The molecule has 0 radical (unpaired) electrons. The van der Waals surface area contributed by atoms with Gasteiger partial charge in [0.15, 0.2) is 5.65 Å². The van der Waals surface area contributed by atoms with E-state index in [1.807, 2.05) is 30.0 Å². The van der Waals surface area contributed by atoms with Crippen molar-refractivity contribution in [2.45, 2.75) is 45.1 Å². The topological polar surface area (TPSA) is 68.0 Å². The van der Waals surface area contributed by atoms with Gasteiger partial charge in [0.25, 0.3) is 0 Å². The maximum Gasteiger partial charge on any atom is 0.171 e. The highest BCUT2D eigenvalue weighted by Crippen LogP contribution is 2.52. The van der Waals surface area contributed by atoms with Gasteiger partial charge in [-0.15, -0.1) is 0 Å². The lowest BCUT2D eigenvalue weighted by molar-refractivity contribution is 0.413. The molecule has 7 heteroatoms. The molecule has 2 aliphatic rings. The Labute approximate surface area is 160 Å². The van der Waals surface area contributed by atoms with Gasteiger partial charge in [0.1, 0.15) is 11.6 Å². The molecule has 3 aromatic heterocycles. The molecule has 3 heterocycles. The van der Waals surface area contributed by atoms with Crippen LogP contribution in [-0.4, -0.2) is 24.6 Å². The summed E-state index contributed by atoms with van der Waals surface area (Å²) in [5.74, 6) is 4.05. The molecule has 134 valence electrons. The van der Waals surface area contributed by atoms with Crippen molar-refractivity contribution in [3.05, 3.63) is 46.2 Å². The third-order valence-corrected chi connectivity index (χ3v) is 6.43. The van der Waals surface area contributed by atoms with E-state index in [4.69, 9.17) is 4.98 Å². The number of rotatable bonds is 4. The Kier molecular flexibility index (Phi) is 3.92. The lowest BCUT2D eigenvalue weighted by Crippen LogP contribution is -2.13. The summed E-state index contributed by atoms with van der Waals surface area (Å²) in [5, 5.41) is 7.98. The molecule has 26 heavy (non-hydrogen) atoms. The summed E-state index contributed by atoms with van der Waals surface area (Å²) in [4.78, 5) is 13.5. The van der Waals surface area contributed by atoms with E-state index in [1.165, 1.54) is 31.4 Å². The Morgan fingerprint density at radius 2 is 2.04 bits per heavy atom. The summed E-state index contributed by atoms with van der Waals surface area (Å²) in [5.41, 5.74) is 3.13. The first-order chi connectivity index (χ1) is 12.7. The zero-order valence-electron chi connectivity index (χ0n) is 14.7. The number of halogens is 1. The maximum absolute atomic E-state index is 4.95. The second-order valence-corrected chi connectivity index (χ2v) is 8.42. The number of hydrogen-bond acceptors (Lipinski definition) is 5. The largest absolute Gasteiger partial charge is 0.366 e. The van der Waals surface area contributed by atoms with Gasteiger partial charge in [-0.05, 0) is 54.0 Å². The molecule has 2 saturated carbocycles. The first-order valence-electron chi connectivity index (χ1n) is 9.23. The van der Waals surface area contributed by atoms with Gasteiger partial charge in [-0.3, -0.25) is 0 Å². The van der Waals surface area contributed by atoms with Crippen LogP contribution in [0, 0.1) is 18.8 Å². The van der Waals surface area contributed by atoms with Gasteiger partial charge in [0.05, 0.1) is 10.7 Å². The molecule has 0 aromatic carbocycles. The molecule has 0 spiro atoms. The van der Waals surface area contributed by atoms with E-state index in [1.54, 1.807) is 0 Å². The number of anilines is 1. The molecular formula is C19H21BrN6. The standard InChI is InChI=1S/C19H21BrN6/c1-11-21-7-13(8-22-11)9-23-18-6-17(15-5-12-2-3-14(15)4-12)25-19-16(20)10-24-26(18)19/h6-8,10,12,14-15,23H,2-5,9H2,1H3. The van der Waals surface area contributed by atoms with Crippen LogP contribution < -0.4 is 5.32 Å². The summed E-state index contributed by atoms with van der Waals surface area (Å²) in [7, 11) is 0. The predicted molar refractivity (Wildman–Crippen MR) is 103 cm³/mol. The Morgan fingerprint density at radius 3 is 2.77 bits per heavy atom. The molecule has 3 aromatic rings. The fraction of sp³-hybridized carbons (Fsp3) is 0.474. The van der Waals surface area contributed by atoms with Crippen LogP contribution in [0.5, 0.6) is 0 Å². The van der Waals surface area contributed by atoms with Crippen LogP contribution in [-0.2, 0) is 6.54 Å². The van der Waals surface area contributed by atoms with Crippen molar-refractivity contribution in [2.75, 3.05) is 5.32 Å². The van der Waals surface area contributed by atoms with Crippen LogP contribution >= 0.6 is 15.9 Å². The van der Waals surface area contributed by atoms with E-state index in [0.29, 0.717) is 12.5 Å². The first kappa shape index (κ1) is 16.2. The summed E-state index contributed by atoms with van der Waals surface area (Å²) in [6.07, 6.45) is 11.0. The Bertz CT molecular complexity index is 951. The fourth-order valence-electron chi connectivity index (χ4n) is 4.58. The minimum Gasteiger partial charge on any atom is -0.366 e. The summed E-state index contributed by atoms with van der Waals surface area (Å²) in [6, 6.07) is 2.19. The summed E-state index contributed by atoms with van der Waals surface area (Å²) >= 11 is 3.60. The van der Waals surface area contributed by atoms with Gasteiger partial charge in [-0.1, -0.05) is 6.42 Å². The van der Waals surface area contributed by atoms with Crippen molar-refractivity contribution in [1.29, 1.82) is 0 Å². The van der Waals surface area contributed by atoms with E-state index in [2.05, 4.69) is 42.4 Å². The van der Waals surface area contributed by atoms with E-state index in [-0.39, 0.29) is 0 Å². The molecule has 2 bridgehead atoms. The minimum absolute atomic E-state index is 0.587. The molecule has 6 nitrogen and oxygen atoms in total. The smallest absolute Gasteiger partial charge is 0.171 e. The van der Waals surface area contributed by atoms with Gasteiger partial charge >= 0.3 is 0 Å². The second-order valence-electron chi connectivity index (χ2n) is 7.57. The number of aromatic nitrogens is 5. The van der Waals surface area contributed by atoms with Crippen LogP contribution in [0.15, 0.2) is 29.1 Å². The molecule has 0 amide bonds. The van der Waals surface area contributed by atoms with E-state index in [9.17, 15) is 0 Å². The van der Waals surface area contributed by atoms with Crippen LogP contribution in [0.4, 0.5) is 5.82 Å². The van der Waals surface area contributed by atoms with Gasteiger partial charge in [-0.2, -0.15) is 9.61 Å². The van der Waals surface area contributed by atoms with Gasteiger partial charge in [-0.25, -0.2) is 15.0 Å². The predicted octanol–water partition coefficient (Wildman–Crippen LogP) is 4.11. The number of hydrogen-bond donors (Lipinski definition) is 1. The van der Waals surface area contributed by atoms with Crippen molar-refractivity contribution in [3.63, 3.8) is 0 Å². The van der Waals surface area contributed by atoms with Crippen LogP contribution in [0.25, 0.3) is 5.65 Å². The third kappa shape index (κ3) is 2.78. The molecule has 2 fully saturated rings. The summed E-state index contributed by atoms with van der Waals surface area (Å²) in [6.45, 7) is 2.56. The highest BCUT2D eigenvalue weighted by molar-refractivity contribution is 9.10. The Morgan fingerprint density at radius 1 is 1.19 bits per heavy atom. The lowest BCUT2D eigenvalue weighted by atomic mass is 9.86.